The number of aliphatic imine (C=N–C) groups is 1. The van der Waals surface area contributed by atoms with Gasteiger partial charge in [-0.3, -0.25) is 0 Å². The van der Waals surface area contributed by atoms with E-state index in [0.29, 0.717) is 19.0 Å². The number of nitrogens with zero attached hydrogens (tertiary/aromatic N) is 1. The molecule has 2 aromatic carbocycles. The third-order valence-corrected chi connectivity index (χ3v) is 3.60. The second kappa shape index (κ2) is 4.66. The normalized spacial score (nSPS) is 14.2. The van der Waals surface area contributed by atoms with E-state index in [4.69, 9.17) is 9.15 Å². The van der Waals surface area contributed by atoms with Gasteiger partial charge >= 0.3 is 0 Å². The summed E-state index contributed by atoms with van der Waals surface area (Å²) in [7, 11) is 0. The second-order valence-corrected chi connectivity index (χ2v) is 4.98. The van der Waals surface area contributed by atoms with Crippen LogP contribution in [0.25, 0.3) is 21.9 Å². The summed E-state index contributed by atoms with van der Waals surface area (Å²) in [6, 6.07) is 11.3. The lowest BCUT2D eigenvalue weighted by Gasteiger charge is -2.09. The molecule has 0 spiro atoms. The van der Waals surface area contributed by atoms with Crippen molar-refractivity contribution in [3.8, 4) is 16.9 Å². The number of hydrogen-bond acceptors (Lipinski definition) is 4. The minimum absolute atomic E-state index is 0.243. The van der Waals surface area contributed by atoms with E-state index in [1.54, 1.807) is 24.7 Å². The predicted molar refractivity (Wildman–Crippen MR) is 80.7 cm³/mol. The molecule has 0 fully saturated rings. The zero-order chi connectivity index (χ0) is 14.2. The number of phenolic OH excluding ortho intramolecular Hbond substituents is 1. The maximum atomic E-state index is 9.73. The van der Waals surface area contributed by atoms with E-state index < -0.39 is 0 Å². The molecular weight excluding hydrogens is 266 g/mol. The third kappa shape index (κ3) is 2.05. The molecule has 4 nitrogen and oxygen atoms in total. The smallest absolute Gasteiger partial charge is 0.216 e. The van der Waals surface area contributed by atoms with Gasteiger partial charge in [-0.25, -0.2) is 4.99 Å². The molecule has 0 bridgehead atoms. The fraction of sp³-hybridized carbons (Fsp3) is 0.118. The Bertz CT molecular complexity index is 835. The molecule has 2 heterocycles. The highest BCUT2D eigenvalue weighted by Crippen LogP contribution is 2.33. The Morgan fingerprint density at radius 1 is 1.05 bits per heavy atom. The Hall–Kier alpha value is -2.75. The average Bonchev–Trinajstić information content (AvgIpc) is 3.19. The van der Waals surface area contributed by atoms with Crippen LogP contribution in [0.3, 0.4) is 0 Å². The van der Waals surface area contributed by atoms with E-state index >= 15 is 0 Å². The van der Waals surface area contributed by atoms with Crippen molar-refractivity contribution in [2.75, 3.05) is 13.2 Å². The number of phenols is 1. The van der Waals surface area contributed by atoms with Gasteiger partial charge in [0.2, 0.25) is 5.90 Å². The molecule has 3 aromatic rings. The van der Waals surface area contributed by atoms with Gasteiger partial charge in [0.1, 0.15) is 12.4 Å². The molecule has 0 radical (unpaired) electrons. The van der Waals surface area contributed by atoms with Crippen molar-refractivity contribution < 1.29 is 14.3 Å². The quantitative estimate of drug-likeness (QED) is 0.780. The van der Waals surface area contributed by atoms with Crippen molar-refractivity contribution in [1.29, 1.82) is 0 Å². The maximum Gasteiger partial charge on any atom is 0.216 e. The number of rotatable bonds is 2. The molecule has 1 aliphatic rings. The first-order valence-corrected chi connectivity index (χ1v) is 6.78. The van der Waals surface area contributed by atoms with Crippen LogP contribution in [0.1, 0.15) is 5.56 Å². The van der Waals surface area contributed by atoms with Crippen molar-refractivity contribution in [2.24, 2.45) is 4.99 Å². The molecular formula is C17H13NO3. The van der Waals surface area contributed by atoms with E-state index in [2.05, 4.69) is 4.99 Å². The Morgan fingerprint density at radius 2 is 2.00 bits per heavy atom. The second-order valence-electron chi connectivity index (χ2n) is 4.98. The SMILES string of the molecule is Oc1ccc2c(-c3ccoc3)cc(C3=NCCO3)cc2c1. The van der Waals surface area contributed by atoms with Crippen LogP contribution in [-0.4, -0.2) is 24.2 Å². The number of fused-ring (bicyclic) bond motifs is 1. The molecule has 0 atom stereocenters. The highest BCUT2D eigenvalue weighted by Gasteiger charge is 2.15. The largest absolute Gasteiger partial charge is 0.508 e. The number of aromatic hydroxyl groups is 1. The van der Waals surface area contributed by atoms with Gasteiger partial charge in [0, 0.05) is 11.1 Å². The summed E-state index contributed by atoms with van der Waals surface area (Å²) in [5.41, 5.74) is 2.95. The number of ether oxygens (including phenoxy) is 1. The molecule has 0 unspecified atom stereocenters. The van der Waals surface area contributed by atoms with Crippen molar-refractivity contribution in [2.45, 2.75) is 0 Å². The average molecular weight is 279 g/mol. The third-order valence-electron chi connectivity index (χ3n) is 3.60. The Kier molecular flexibility index (Phi) is 2.67. The zero-order valence-electron chi connectivity index (χ0n) is 11.2. The van der Waals surface area contributed by atoms with Gasteiger partial charge in [0.25, 0.3) is 0 Å². The first-order chi connectivity index (χ1) is 10.3. The standard InChI is InChI=1S/C17H13NO3/c19-14-1-2-15-12(8-14)7-13(17-18-4-6-21-17)9-16(15)11-3-5-20-10-11/h1-3,5,7-10,19H,4,6H2. The van der Waals surface area contributed by atoms with Crippen LogP contribution in [0.15, 0.2) is 58.3 Å². The maximum absolute atomic E-state index is 9.73. The zero-order valence-corrected chi connectivity index (χ0v) is 11.2. The summed E-state index contributed by atoms with van der Waals surface area (Å²) in [5, 5.41) is 11.7. The van der Waals surface area contributed by atoms with E-state index in [-0.39, 0.29) is 5.75 Å². The van der Waals surface area contributed by atoms with Crippen LogP contribution < -0.4 is 0 Å². The fourth-order valence-electron chi connectivity index (χ4n) is 2.65. The molecule has 1 aliphatic heterocycles. The van der Waals surface area contributed by atoms with Gasteiger partial charge in [0.15, 0.2) is 0 Å². The van der Waals surface area contributed by atoms with Gasteiger partial charge in [0.05, 0.1) is 19.1 Å². The van der Waals surface area contributed by atoms with Crippen LogP contribution in [0.2, 0.25) is 0 Å². The summed E-state index contributed by atoms with van der Waals surface area (Å²) in [6.45, 7) is 1.31. The molecule has 1 N–H and O–H groups in total. The van der Waals surface area contributed by atoms with Gasteiger partial charge in [-0.05, 0) is 46.7 Å². The minimum Gasteiger partial charge on any atom is -0.508 e. The molecule has 21 heavy (non-hydrogen) atoms. The fourth-order valence-corrected chi connectivity index (χ4v) is 2.65. The highest BCUT2D eigenvalue weighted by atomic mass is 16.5. The van der Waals surface area contributed by atoms with Crippen LogP contribution >= 0.6 is 0 Å². The molecule has 4 heteroatoms. The van der Waals surface area contributed by atoms with E-state index in [9.17, 15) is 5.11 Å². The highest BCUT2D eigenvalue weighted by molar-refractivity contribution is 6.05. The summed E-state index contributed by atoms with van der Waals surface area (Å²) < 4.78 is 10.8. The van der Waals surface area contributed by atoms with Gasteiger partial charge < -0.3 is 14.3 Å². The van der Waals surface area contributed by atoms with E-state index in [1.165, 1.54) is 0 Å². The monoisotopic (exact) mass is 279 g/mol. The van der Waals surface area contributed by atoms with Gasteiger partial charge in [-0.15, -0.1) is 0 Å². The van der Waals surface area contributed by atoms with Crippen molar-refractivity contribution in [3.63, 3.8) is 0 Å². The Morgan fingerprint density at radius 3 is 2.76 bits per heavy atom. The van der Waals surface area contributed by atoms with Crippen LogP contribution in [0.5, 0.6) is 5.75 Å². The summed E-state index contributed by atoms with van der Waals surface area (Å²) in [4.78, 5) is 4.37. The lowest BCUT2D eigenvalue weighted by atomic mass is 9.97. The molecule has 0 saturated heterocycles. The van der Waals surface area contributed by atoms with Crippen molar-refractivity contribution in [1.82, 2.24) is 0 Å². The van der Waals surface area contributed by atoms with Crippen LogP contribution in [-0.2, 0) is 4.74 Å². The summed E-state index contributed by atoms with van der Waals surface area (Å²) >= 11 is 0. The summed E-state index contributed by atoms with van der Waals surface area (Å²) in [5.74, 6) is 0.900. The lowest BCUT2D eigenvalue weighted by molar-refractivity contribution is 0.348. The minimum atomic E-state index is 0.243. The Balaban J connectivity index is 2.01. The Labute approximate surface area is 121 Å². The van der Waals surface area contributed by atoms with Crippen LogP contribution in [0.4, 0.5) is 0 Å². The summed E-state index contributed by atoms with van der Waals surface area (Å²) in [6.07, 6.45) is 3.36. The van der Waals surface area contributed by atoms with Crippen molar-refractivity contribution in [3.05, 3.63) is 54.5 Å². The molecule has 1 aromatic heterocycles. The predicted octanol–water partition coefficient (Wildman–Crippen LogP) is 3.58. The number of benzene rings is 2. The molecule has 104 valence electrons. The number of hydrogen-bond donors (Lipinski definition) is 1. The lowest BCUT2D eigenvalue weighted by Crippen LogP contribution is -2.01. The number of furan rings is 1. The molecule has 0 aliphatic carbocycles. The first-order valence-electron chi connectivity index (χ1n) is 6.78. The molecule has 0 saturated carbocycles. The van der Waals surface area contributed by atoms with Gasteiger partial charge in [-0.1, -0.05) is 6.07 Å². The molecule has 4 rings (SSSR count). The topological polar surface area (TPSA) is 55.0 Å². The van der Waals surface area contributed by atoms with Crippen LogP contribution in [0, 0.1) is 0 Å². The molecule has 0 amide bonds. The van der Waals surface area contributed by atoms with Crippen molar-refractivity contribution >= 4 is 16.7 Å². The first kappa shape index (κ1) is 12.0. The van der Waals surface area contributed by atoms with Gasteiger partial charge in [-0.2, -0.15) is 0 Å². The van der Waals surface area contributed by atoms with E-state index in [1.807, 2.05) is 24.3 Å². The van der Waals surface area contributed by atoms with E-state index in [0.717, 1.165) is 27.5 Å².